The van der Waals surface area contributed by atoms with Crippen LogP contribution in [0.1, 0.15) is 10.4 Å². The van der Waals surface area contributed by atoms with Crippen LogP contribution in [0.5, 0.6) is 0 Å². The molecule has 10 nitrogen and oxygen atoms in total. The van der Waals surface area contributed by atoms with Crippen molar-refractivity contribution in [2.24, 2.45) is 0 Å². The molecule has 2 N–H and O–H groups in total. The number of aromatic amines is 1. The fourth-order valence-electron chi connectivity index (χ4n) is 2.99. The number of carbonyl (C=O) groups excluding carboxylic acids is 1. The molecule has 0 spiro atoms. The molecule has 28 heavy (non-hydrogen) atoms. The lowest BCUT2D eigenvalue weighted by Crippen LogP contribution is -2.36. The number of fused-ring (bicyclic) bond motifs is 2. The highest BCUT2D eigenvalue weighted by Crippen LogP contribution is 2.33. The number of rotatable bonds is 3. The maximum Gasteiger partial charge on any atom is 0.486 e. The average molecular weight is 387 g/mol. The van der Waals surface area contributed by atoms with Gasteiger partial charge in [-0.3, -0.25) is 19.6 Å². The van der Waals surface area contributed by atoms with Crippen LogP contribution in [0.4, 0.5) is 14.7 Å². The first-order valence-electron chi connectivity index (χ1n) is 8.15. The second-order valence-electron chi connectivity index (χ2n) is 6.10. The minimum atomic E-state index is -3.63. The largest absolute Gasteiger partial charge is 0.486 e. The SMILES string of the molecule is O=C(Nc1nc2c([nH]1)=CC1OC(F)(F)OC1C=2)c1ccc(-n2cnnn2)cc1. The predicted molar refractivity (Wildman–Crippen MR) is 88.6 cm³/mol. The van der Waals surface area contributed by atoms with Crippen LogP contribution in [0.25, 0.3) is 17.8 Å². The third-order valence-electron chi connectivity index (χ3n) is 4.26. The number of aromatic nitrogens is 6. The lowest BCUT2D eigenvalue weighted by molar-refractivity contribution is -0.346. The van der Waals surface area contributed by atoms with Gasteiger partial charge in [-0.05, 0) is 46.8 Å². The first kappa shape index (κ1) is 16.6. The average Bonchev–Trinajstić information content (AvgIpc) is 3.36. The Morgan fingerprint density at radius 3 is 2.64 bits per heavy atom. The van der Waals surface area contributed by atoms with E-state index in [1.54, 1.807) is 24.3 Å². The topological polar surface area (TPSA) is 120 Å². The molecule has 0 saturated carbocycles. The summed E-state index contributed by atoms with van der Waals surface area (Å²) in [6.45, 7) is 0. The van der Waals surface area contributed by atoms with Gasteiger partial charge in [-0.25, -0.2) is 9.67 Å². The zero-order valence-corrected chi connectivity index (χ0v) is 13.9. The quantitative estimate of drug-likeness (QED) is 0.624. The number of hydrogen-bond acceptors (Lipinski definition) is 7. The normalized spacial score (nSPS) is 21.9. The molecule has 3 heterocycles. The summed E-state index contributed by atoms with van der Waals surface area (Å²) in [5.74, 6) is -0.215. The first-order chi connectivity index (χ1) is 13.5. The molecule has 1 amide bonds. The van der Waals surface area contributed by atoms with E-state index in [9.17, 15) is 13.6 Å². The number of carbonyl (C=O) groups is 1. The van der Waals surface area contributed by atoms with Crippen molar-refractivity contribution in [1.82, 2.24) is 30.2 Å². The number of H-pyrrole nitrogens is 1. The summed E-state index contributed by atoms with van der Waals surface area (Å²) in [5, 5.41) is 14.3. The van der Waals surface area contributed by atoms with Crippen molar-refractivity contribution in [2.75, 3.05) is 5.32 Å². The Morgan fingerprint density at radius 1 is 1.18 bits per heavy atom. The highest BCUT2D eigenvalue weighted by atomic mass is 19.3. The number of hydrogen-bond donors (Lipinski definition) is 2. The fraction of sp³-hybridized carbons (Fsp3) is 0.188. The standard InChI is InChI=1S/C16H11F2N7O3/c17-16(18)27-12-5-10-11(6-13(12)28-16)21-15(20-10)22-14(26)8-1-3-9(4-2-8)25-7-19-23-24-25/h1-7,12-13H,(H2,20,21,22,26). The van der Waals surface area contributed by atoms with Crippen LogP contribution >= 0.6 is 0 Å². The number of nitrogens with zero attached hydrogens (tertiary/aromatic N) is 5. The summed E-state index contributed by atoms with van der Waals surface area (Å²) in [6.07, 6.45) is -1.18. The Kier molecular flexibility index (Phi) is 3.57. The van der Waals surface area contributed by atoms with E-state index in [-0.39, 0.29) is 5.95 Å². The molecule has 142 valence electrons. The van der Waals surface area contributed by atoms with E-state index >= 15 is 0 Å². The molecule has 2 aliphatic rings. The molecule has 1 saturated heterocycles. The molecule has 12 heteroatoms. The first-order valence-corrected chi connectivity index (χ1v) is 8.15. The Bertz CT molecular complexity index is 1110. The summed E-state index contributed by atoms with van der Waals surface area (Å²) < 4.78 is 36.8. The van der Waals surface area contributed by atoms with Crippen LogP contribution in [0.15, 0.2) is 30.6 Å². The maximum atomic E-state index is 13.1. The van der Waals surface area contributed by atoms with Gasteiger partial charge in [-0.2, -0.15) is 0 Å². The number of tetrazole rings is 1. The molecule has 5 rings (SSSR count). The third kappa shape index (κ3) is 2.93. The molecular formula is C16H11F2N7O3. The Balaban J connectivity index is 1.34. The van der Waals surface area contributed by atoms with Crippen LogP contribution in [-0.2, 0) is 9.47 Å². The van der Waals surface area contributed by atoms with Crippen molar-refractivity contribution < 1.29 is 23.0 Å². The van der Waals surface area contributed by atoms with Crippen LogP contribution < -0.4 is 16.0 Å². The van der Waals surface area contributed by atoms with Gasteiger partial charge in [0.15, 0.2) is 0 Å². The van der Waals surface area contributed by atoms with E-state index < -0.39 is 24.4 Å². The zero-order chi connectivity index (χ0) is 19.3. The Hall–Kier alpha value is -3.51. The van der Waals surface area contributed by atoms with Gasteiger partial charge in [-0.15, -0.1) is 13.9 Å². The monoisotopic (exact) mass is 387 g/mol. The molecular weight excluding hydrogens is 376 g/mol. The summed E-state index contributed by atoms with van der Waals surface area (Å²) in [5.41, 5.74) is 1.09. The minimum absolute atomic E-state index is 0.179. The number of benzene rings is 1. The van der Waals surface area contributed by atoms with E-state index in [0.717, 1.165) is 0 Å². The van der Waals surface area contributed by atoms with Crippen molar-refractivity contribution >= 4 is 24.0 Å². The molecule has 1 aromatic carbocycles. The number of alkyl halides is 2. The van der Waals surface area contributed by atoms with Gasteiger partial charge in [0.1, 0.15) is 18.5 Å². The Morgan fingerprint density at radius 2 is 1.93 bits per heavy atom. The summed E-state index contributed by atoms with van der Waals surface area (Å²) in [4.78, 5) is 19.5. The number of halogens is 2. The second-order valence-corrected chi connectivity index (χ2v) is 6.10. The van der Waals surface area contributed by atoms with E-state index in [1.807, 2.05) is 0 Å². The minimum Gasteiger partial charge on any atom is -0.324 e. The van der Waals surface area contributed by atoms with Crippen molar-refractivity contribution in [1.29, 1.82) is 0 Å². The number of amides is 1. The van der Waals surface area contributed by atoms with Crippen molar-refractivity contribution in [2.45, 2.75) is 18.5 Å². The molecule has 3 aromatic rings. The highest BCUT2D eigenvalue weighted by Gasteiger charge is 2.48. The predicted octanol–water partition coefficient (Wildman–Crippen LogP) is -0.453. The number of imidazole rings is 1. The van der Waals surface area contributed by atoms with Crippen molar-refractivity contribution in [3.8, 4) is 5.69 Å². The molecule has 1 fully saturated rings. The number of ether oxygens (including phenoxy) is 2. The zero-order valence-electron chi connectivity index (χ0n) is 13.9. The molecule has 0 bridgehead atoms. The lowest BCUT2D eigenvalue weighted by atomic mass is 10.1. The Labute approximate surface area is 154 Å². The third-order valence-corrected chi connectivity index (χ3v) is 4.26. The van der Waals surface area contributed by atoms with E-state index in [4.69, 9.17) is 0 Å². The lowest BCUT2D eigenvalue weighted by Gasteiger charge is -2.08. The van der Waals surface area contributed by atoms with E-state index in [2.05, 4.69) is 40.3 Å². The summed E-state index contributed by atoms with van der Waals surface area (Å²) >= 11 is 0. The van der Waals surface area contributed by atoms with Gasteiger partial charge in [0.05, 0.1) is 16.4 Å². The summed E-state index contributed by atoms with van der Waals surface area (Å²) in [7, 11) is 0. The smallest absolute Gasteiger partial charge is 0.324 e. The molecule has 1 aliphatic carbocycles. The second kappa shape index (κ2) is 6.00. The van der Waals surface area contributed by atoms with E-state index in [0.29, 0.717) is 21.9 Å². The molecule has 2 aromatic heterocycles. The summed E-state index contributed by atoms with van der Waals surface area (Å²) in [6, 6.07) is 6.61. The highest BCUT2D eigenvalue weighted by molar-refractivity contribution is 6.03. The van der Waals surface area contributed by atoms with Gasteiger partial charge in [0.2, 0.25) is 5.95 Å². The van der Waals surface area contributed by atoms with Gasteiger partial charge in [0, 0.05) is 5.56 Å². The van der Waals surface area contributed by atoms with Crippen LogP contribution in [0.2, 0.25) is 0 Å². The van der Waals surface area contributed by atoms with Crippen molar-refractivity contribution in [3.63, 3.8) is 0 Å². The maximum absolute atomic E-state index is 13.1. The van der Waals surface area contributed by atoms with Gasteiger partial charge < -0.3 is 4.98 Å². The number of nitrogens with one attached hydrogen (secondary N) is 2. The van der Waals surface area contributed by atoms with Gasteiger partial charge >= 0.3 is 6.29 Å². The van der Waals surface area contributed by atoms with E-state index in [1.165, 1.54) is 23.2 Å². The van der Waals surface area contributed by atoms with Crippen LogP contribution in [0.3, 0.4) is 0 Å². The van der Waals surface area contributed by atoms with Gasteiger partial charge in [0.25, 0.3) is 5.91 Å². The molecule has 0 radical (unpaired) electrons. The fourth-order valence-corrected chi connectivity index (χ4v) is 2.99. The molecule has 2 unspecified atom stereocenters. The number of anilines is 1. The van der Waals surface area contributed by atoms with Crippen LogP contribution in [-0.4, -0.2) is 54.6 Å². The van der Waals surface area contributed by atoms with Crippen molar-refractivity contribution in [3.05, 3.63) is 46.9 Å². The van der Waals surface area contributed by atoms with Crippen LogP contribution in [0, 0.1) is 0 Å². The van der Waals surface area contributed by atoms with Gasteiger partial charge in [-0.1, -0.05) is 0 Å². The molecule has 2 atom stereocenters. The molecule has 1 aliphatic heterocycles.